The average molecular weight is 439 g/mol. The second-order valence-electron chi connectivity index (χ2n) is 5.39. The van der Waals surface area contributed by atoms with Crippen molar-refractivity contribution < 1.29 is 9.47 Å². The minimum absolute atomic E-state index is 0. The van der Waals surface area contributed by atoms with Gasteiger partial charge in [0.1, 0.15) is 0 Å². The van der Waals surface area contributed by atoms with Gasteiger partial charge >= 0.3 is 0 Å². The standard InChI is InChI=1S/C18H21N3O2.HI/c1-13-5-3-4-6-15(13)11-21-18(19-2)20-10-14-7-8-16-17(9-14)23-12-22-16;/h3-9H,10-12H2,1-2H3,(H2,19,20,21);1H. The first-order chi connectivity index (χ1) is 11.3. The van der Waals surface area contributed by atoms with E-state index in [1.807, 2.05) is 30.3 Å². The van der Waals surface area contributed by atoms with Crippen molar-refractivity contribution in [2.45, 2.75) is 20.0 Å². The third-order valence-corrected chi connectivity index (χ3v) is 3.83. The van der Waals surface area contributed by atoms with Crippen LogP contribution in [0.3, 0.4) is 0 Å². The Hall–Kier alpha value is -1.96. The van der Waals surface area contributed by atoms with Gasteiger partial charge in [0.25, 0.3) is 0 Å². The van der Waals surface area contributed by atoms with Crippen LogP contribution in [0.15, 0.2) is 47.5 Å². The molecule has 0 amide bonds. The molecule has 6 heteroatoms. The number of hydrogen-bond acceptors (Lipinski definition) is 3. The van der Waals surface area contributed by atoms with Crippen molar-refractivity contribution in [1.82, 2.24) is 10.6 Å². The highest BCUT2D eigenvalue weighted by Crippen LogP contribution is 2.32. The van der Waals surface area contributed by atoms with Gasteiger partial charge in [-0.15, -0.1) is 24.0 Å². The Kier molecular flexibility index (Phi) is 6.72. The van der Waals surface area contributed by atoms with E-state index < -0.39 is 0 Å². The molecule has 1 heterocycles. The number of nitrogens with one attached hydrogen (secondary N) is 2. The predicted molar refractivity (Wildman–Crippen MR) is 106 cm³/mol. The molecule has 0 saturated heterocycles. The Morgan fingerprint density at radius 3 is 2.58 bits per heavy atom. The molecule has 0 atom stereocenters. The monoisotopic (exact) mass is 439 g/mol. The molecule has 2 aromatic carbocycles. The van der Waals surface area contributed by atoms with E-state index in [4.69, 9.17) is 9.47 Å². The molecule has 1 aliphatic rings. The van der Waals surface area contributed by atoms with Gasteiger partial charge in [-0.3, -0.25) is 4.99 Å². The van der Waals surface area contributed by atoms with Crippen LogP contribution in [0, 0.1) is 6.92 Å². The summed E-state index contributed by atoms with van der Waals surface area (Å²) in [6.07, 6.45) is 0. The van der Waals surface area contributed by atoms with Crippen molar-refractivity contribution in [3.05, 3.63) is 59.2 Å². The summed E-state index contributed by atoms with van der Waals surface area (Å²) < 4.78 is 10.7. The molecular weight excluding hydrogens is 417 g/mol. The zero-order valence-corrected chi connectivity index (χ0v) is 16.2. The summed E-state index contributed by atoms with van der Waals surface area (Å²) in [6, 6.07) is 14.3. The lowest BCUT2D eigenvalue weighted by Gasteiger charge is -2.13. The van der Waals surface area contributed by atoms with E-state index in [-0.39, 0.29) is 24.0 Å². The van der Waals surface area contributed by atoms with Gasteiger partial charge in [-0.25, -0.2) is 0 Å². The lowest BCUT2D eigenvalue weighted by atomic mass is 10.1. The smallest absolute Gasteiger partial charge is 0.231 e. The van der Waals surface area contributed by atoms with Gasteiger partial charge in [-0.05, 0) is 35.7 Å². The number of guanidine groups is 1. The fourth-order valence-electron chi connectivity index (χ4n) is 2.44. The van der Waals surface area contributed by atoms with E-state index in [0.717, 1.165) is 29.6 Å². The quantitative estimate of drug-likeness (QED) is 0.437. The Balaban J connectivity index is 0.00000208. The van der Waals surface area contributed by atoms with E-state index in [2.05, 4.69) is 34.7 Å². The molecule has 0 aromatic heterocycles. The van der Waals surface area contributed by atoms with Gasteiger partial charge in [0.2, 0.25) is 6.79 Å². The van der Waals surface area contributed by atoms with Gasteiger partial charge in [0.15, 0.2) is 17.5 Å². The Labute approximate surface area is 159 Å². The van der Waals surface area contributed by atoms with Crippen molar-refractivity contribution >= 4 is 29.9 Å². The highest BCUT2D eigenvalue weighted by Gasteiger charge is 2.13. The van der Waals surface area contributed by atoms with Gasteiger partial charge < -0.3 is 20.1 Å². The predicted octanol–water partition coefficient (Wildman–Crippen LogP) is 3.21. The number of ether oxygens (including phenoxy) is 2. The average Bonchev–Trinajstić information content (AvgIpc) is 3.04. The van der Waals surface area contributed by atoms with E-state index in [1.54, 1.807) is 7.05 Å². The molecule has 5 nitrogen and oxygen atoms in total. The topological polar surface area (TPSA) is 54.9 Å². The molecule has 24 heavy (non-hydrogen) atoms. The lowest BCUT2D eigenvalue weighted by molar-refractivity contribution is 0.174. The van der Waals surface area contributed by atoms with E-state index in [1.165, 1.54) is 11.1 Å². The Morgan fingerprint density at radius 1 is 1.04 bits per heavy atom. The van der Waals surface area contributed by atoms with Gasteiger partial charge in [0.05, 0.1) is 0 Å². The fraction of sp³-hybridized carbons (Fsp3) is 0.278. The summed E-state index contributed by atoms with van der Waals surface area (Å²) in [7, 11) is 1.77. The summed E-state index contributed by atoms with van der Waals surface area (Å²) in [5.74, 6) is 2.37. The molecule has 128 valence electrons. The number of nitrogens with zero attached hydrogens (tertiary/aromatic N) is 1. The molecule has 0 unspecified atom stereocenters. The number of fused-ring (bicyclic) bond motifs is 1. The maximum atomic E-state index is 5.39. The number of aliphatic imine (C=N–C) groups is 1. The number of rotatable bonds is 4. The van der Waals surface area contributed by atoms with Crippen LogP contribution in [0.25, 0.3) is 0 Å². The van der Waals surface area contributed by atoms with Crippen LogP contribution in [0.5, 0.6) is 11.5 Å². The fourth-order valence-corrected chi connectivity index (χ4v) is 2.44. The van der Waals surface area contributed by atoms with Crippen LogP contribution in [-0.2, 0) is 13.1 Å². The van der Waals surface area contributed by atoms with Crippen molar-refractivity contribution in [2.24, 2.45) is 4.99 Å². The van der Waals surface area contributed by atoms with Crippen molar-refractivity contribution in [3.63, 3.8) is 0 Å². The van der Waals surface area contributed by atoms with Crippen LogP contribution in [-0.4, -0.2) is 19.8 Å². The molecular formula is C18H22IN3O2. The minimum atomic E-state index is 0. The SMILES string of the molecule is CN=C(NCc1ccc2c(c1)OCO2)NCc1ccccc1C.I. The minimum Gasteiger partial charge on any atom is -0.454 e. The first-order valence-corrected chi connectivity index (χ1v) is 7.64. The summed E-state index contributed by atoms with van der Waals surface area (Å²) in [5, 5.41) is 6.64. The van der Waals surface area contributed by atoms with Gasteiger partial charge in [-0.1, -0.05) is 30.3 Å². The molecule has 0 aliphatic carbocycles. The first-order valence-electron chi connectivity index (χ1n) is 7.64. The Morgan fingerprint density at radius 2 is 1.79 bits per heavy atom. The van der Waals surface area contributed by atoms with E-state index in [9.17, 15) is 0 Å². The number of hydrogen-bond donors (Lipinski definition) is 2. The zero-order chi connectivity index (χ0) is 16.1. The molecule has 3 rings (SSSR count). The van der Waals surface area contributed by atoms with Crippen LogP contribution in [0.1, 0.15) is 16.7 Å². The summed E-state index contributed by atoms with van der Waals surface area (Å²) >= 11 is 0. The summed E-state index contributed by atoms with van der Waals surface area (Å²) in [5.41, 5.74) is 3.65. The lowest BCUT2D eigenvalue weighted by Crippen LogP contribution is -2.36. The highest BCUT2D eigenvalue weighted by molar-refractivity contribution is 14.0. The van der Waals surface area contributed by atoms with Crippen LogP contribution >= 0.6 is 24.0 Å². The molecule has 0 saturated carbocycles. The number of benzene rings is 2. The molecule has 0 spiro atoms. The molecule has 0 radical (unpaired) electrons. The Bertz CT molecular complexity index is 719. The third-order valence-electron chi connectivity index (χ3n) is 3.83. The summed E-state index contributed by atoms with van der Waals surface area (Å²) in [4.78, 5) is 4.26. The molecule has 1 aliphatic heterocycles. The normalized spacial score (nSPS) is 12.5. The van der Waals surface area contributed by atoms with Crippen molar-refractivity contribution in [1.29, 1.82) is 0 Å². The molecule has 0 fully saturated rings. The summed E-state index contributed by atoms with van der Waals surface area (Å²) in [6.45, 7) is 3.82. The van der Waals surface area contributed by atoms with Crippen molar-refractivity contribution in [2.75, 3.05) is 13.8 Å². The molecule has 2 N–H and O–H groups in total. The van der Waals surface area contributed by atoms with Gasteiger partial charge in [0, 0.05) is 20.1 Å². The largest absolute Gasteiger partial charge is 0.454 e. The second-order valence-corrected chi connectivity index (χ2v) is 5.39. The molecule has 0 bridgehead atoms. The number of aryl methyl sites for hydroxylation is 1. The van der Waals surface area contributed by atoms with Crippen molar-refractivity contribution in [3.8, 4) is 11.5 Å². The van der Waals surface area contributed by atoms with E-state index >= 15 is 0 Å². The second kappa shape index (κ2) is 8.77. The van der Waals surface area contributed by atoms with Gasteiger partial charge in [-0.2, -0.15) is 0 Å². The van der Waals surface area contributed by atoms with Crippen LogP contribution in [0.4, 0.5) is 0 Å². The highest BCUT2D eigenvalue weighted by atomic mass is 127. The van der Waals surface area contributed by atoms with Crippen LogP contribution in [0.2, 0.25) is 0 Å². The maximum absolute atomic E-state index is 5.39. The zero-order valence-electron chi connectivity index (χ0n) is 13.8. The van der Waals surface area contributed by atoms with Crippen LogP contribution < -0.4 is 20.1 Å². The third kappa shape index (κ3) is 4.53. The molecule has 2 aromatic rings. The van der Waals surface area contributed by atoms with E-state index in [0.29, 0.717) is 13.3 Å². The maximum Gasteiger partial charge on any atom is 0.231 e. The first kappa shape index (κ1) is 18.4. The number of halogens is 1.